The minimum absolute atomic E-state index is 0.0649. The standard InChI is InChI=1S/C31H33N3O/c1-22-17-30(34(33-22)28-12-6-8-25(19-28)21-32)31(35)20-24-7-5-11-27(18-24)29(16-15-23-13-14-23)26-9-3-2-4-10-26/h2-12,17-19,23,29H,13-16,20-21,32H2,1H3. The lowest BCUT2D eigenvalue weighted by molar-refractivity contribution is 0.0985. The number of hydrogen-bond donors (Lipinski definition) is 1. The number of carbonyl (C=O) groups is 1. The minimum Gasteiger partial charge on any atom is -0.326 e. The van der Waals surface area contributed by atoms with Crippen LogP contribution < -0.4 is 5.73 Å². The zero-order valence-electron chi connectivity index (χ0n) is 20.4. The van der Waals surface area contributed by atoms with Gasteiger partial charge in [-0.3, -0.25) is 4.79 Å². The molecule has 1 aromatic heterocycles. The van der Waals surface area contributed by atoms with Crippen molar-refractivity contribution < 1.29 is 4.79 Å². The third-order valence-corrected chi connectivity index (χ3v) is 6.99. The number of nitrogens with zero attached hydrogens (tertiary/aromatic N) is 2. The molecular weight excluding hydrogens is 430 g/mol. The van der Waals surface area contributed by atoms with Crippen LogP contribution in [-0.2, 0) is 13.0 Å². The predicted molar refractivity (Wildman–Crippen MR) is 141 cm³/mol. The highest BCUT2D eigenvalue weighted by molar-refractivity contribution is 5.96. The van der Waals surface area contributed by atoms with Gasteiger partial charge >= 0.3 is 0 Å². The summed E-state index contributed by atoms with van der Waals surface area (Å²) in [6, 6.07) is 29.2. The topological polar surface area (TPSA) is 60.9 Å². The molecule has 2 N–H and O–H groups in total. The molecule has 1 atom stereocenters. The van der Waals surface area contributed by atoms with E-state index in [2.05, 4.69) is 59.7 Å². The zero-order chi connectivity index (χ0) is 24.2. The van der Waals surface area contributed by atoms with E-state index in [1.54, 1.807) is 4.68 Å². The number of ketones is 1. The van der Waals surface area contributed by atoms with Crippen molar-refractivity contribution in [3.05, 3.63) is 119 Å². The van der Waals surface area contributed by atoms with Gasteiger partial charge in [0, 0.05) is 18.9 Å². The lowest BCUT2D eigenvalue weighted by atomic mass is 9.85. The van der Waals surface area contributed by atoms with Crippen LogP contribution in [-0.4, -0.2) is 15.6 Å². The third kappa shape index (κ3) is 5.60. The molecule has 3 aromatic carbocycles. The molecule has 4 heteroatoms. The second kappa shape index (κ2) is 10.4. The SMILES string of the molecule is Cc1cc(C(=O)Cc2cccc(C(CCC3CC3)c3ccccc3)c2)n(-c2cccc(CN)c2)n1. The van der Waals surface area contributed by atoms with Crippen molar-refractivity contribution in [1.82, 2.24) is 9.78 Å². The van der Waals surface area contributed by atoms with Gasteiger partial charge in [0.05, 0.1) is 11.4 Å². The number of aromatic nitrogens is 2. The van der Waals surface area contributed by atoms with E-state index < -0.39 is 0 Å². The maximum atomic E-state index is 13.5. The highest BCUT2D eigenvalue weighted by Gasteiger charge is 2.24. The number of benzene rings is 3. The van der Waals surface area contributed by atoms with E-state index in [1.165, 1.54) is 30.4 Å². The molecule has 0 aliphatic heterocycles. The number of nitrogens with two attached hydrogens (primary N) is 1. The van der Waals surface area contributed by atoms with Crippen LogP contribution in [0.3, 0.4) is 0 Å². The van der Waals surface area contributed by atoms with Crippen molar-refractivity contribution in [2.24, 2.45) is 11.7 Å². The van der Waals surface area contributed by atoms with E-state index in [0.29, 0.717) is 24.6 Å². The highest BCUT2D eigenvalue weighted by atomic mass is 16.1. The average molecular weight is 464 g/mol. The first-order valence-corrected chi connectivity index (χ1v) is 12.6. The number of aryl methyl sites for hydroxylation is 1. The van der Waals surface area contributed by atoms with E-state index in [0.717, 1.165) is 34.8 Å². The Morgan fingerprint density at radius 1 is 0.943 bits per heavy atom. The van der Waals surface area contributed by atoms with Gasteiger partial charge in [0.1, 0.15) is 5.69 Å². The van der Waals surface area contributed by atoms with E-state index in [1.807, 2.05) is 37.3 Å². The Morgan fingerprint density at radius 3 is 2.46 bits per heavy atom. The first kappa shape index (κ1) is 23.3. The highest BCUT2D eigenvalue weighted by Crippen LogP contribution is 2.38. The monoisotopic (exact) mass is 463 g/mol. The fourth-order valence-corrected chi connectivity index (χ4v) is 4.93. The molecule has 0 amide bonds. The summed E-state index contributed by atoms with van der Waals surface area (Å²) in [5.74, 6) is 1.32. The molecule has 0 saturated heterocycles. The van der Waals surface area contributed by atoms with Crippen LogP contribution in [0.15, 0.2) is 84.9 Å². The summed E-state index contributed by atoms with van der Waals surface area (Å²) in [6.07, 6.45) is 5.51. The van der Waals surface area contributed by atoms with Gasteiger partial charge in [-0.2, -0.15) is 5.10 Å². The molecular formula is C31H33N3O. The summed E-state index contributed by atoms with van der Waals surface area (Å²) < 4.78 is 1.75. The van der Waals surface area contributed by atoms with E-state index in [9.17, 15) is 4.79 Å². The molecule has 4 nitrogen and oxygen atoms in total. The van der Waals surface area contributed by atoms with Gasteiger partial charge in [-0.25, -0.2) is 4.68 Å². The van der Waals surface area contributed by atoms with Crippen molar-refractivity contribution in [3.63, 3.8) is 0 Å². The smallest absolute Gasteiger partial charge is 0.185 e. The molecule has 1 aliphatic carbocycles. The molecule has 0 spiro atoms. The molecule has 0 bridgehead atoms. The zero-order valence-corrected chi connectivity index (χ0v) is 20.4. The lowest BCUT2D eigenvalue weighted by Gasteiger charge is -2.19. The van der Waals surface area contributed by atoms with Crippen LogP contribution >= 0.6 is 0 Å². The van der Waals surface area contributed by atoms with Crippen molar-refractivity contribution in [1.29, 1.82) is 0 Å². The van der Waals surface area contributed by atoms with Crippen LogP contribution in [0.25, 0.3) is 5.69 Å². The van der Waals surface area contributed by atoms with E-state index >= 15 is 0 Å². The second-order valence-electron chi connectivity index (χ2n) is 9.79. The second-order valence-corrected chi connectivity index (χ2v) is 9.79. The van der Waals surface area contributed by atoms with Gasteiger partial charge in [0.15, 0.2) is 5.78 Å². The van der Waals surface area contributed by atoms with Gasteiger partial charge in [-0.1, -0.05) is 79.6 Å². The van der Waals surface area contributed by atoms with Gasteiger partial charge in [-0.15, -0.1) is 0 Å². The Labute approximate surface area is 207 Å². The Bertz CT molecular complexity index is 1300. The Kier molecular flexibility index (Phi) is 6.91. The third-order valence-electron chi connectivity index (χ3n) is 6.99. The summed E-state index contributed by atoms with van der Waals surface area (Å²) in [5, 5.41) is 4.61. The van der Waals surface area contributed by atoms with E-state index in [-0.39, 0.29) is 5.78 Å². The quantitative estimate of drug-likeness (QED) is 0.277. The maximum absolute atomic E-state index is 13.5. The van der Waals surface area contributed by atoms with Crippen LogP contribution in [0.4, 0.5) is 0 Å². The fraction of sp³-hybridized carbons (Fsp3) is 0.290. The first-order chi connectivity index (χ1) is 17.1. The Morgan fingerprint density at radius 2 is 1.69 bits per heavy atom. The molecule has 4 aromatic rings. The van der Waals surface area contributed by atoms with E-state index in [4.69, 9.17) is 5.73 Å². The number of Topliss-reactive ketones (excluding diaryl/α,β-unsaturated/α-hetero) is 1. The summed E-state index contributed by atoms with van der Waals surface area (Å²) in [6.45, 7) is 2.37. The van der Waals surface area contributed by atoms with Crippen LogP contribution in [0.1, 0.15) is 70.0 Å². The molecule has 0 radical (unpaired) electrons. The molecule has 5 rings (SSSR count). The molecule has 1 heterocycles. The lowest BCUT2D eigenvalue weighted by Crippen LogP contribution is -2.12. The van der Waals surface area contributed by atoms with Crippen molar-refractivity contribution in [2.45, 2.75) is 51.5 Å². The first-order valence-electron chi connectivity index (χ1n) is 12.6. The molecule has 1 aliphatic rings. The van der Waals surface area contributed by atoms with Crippen molar-refractivity contribution >= 4 is 5.78 Å². The molecule has 1 saturated carbocycles. The number of carbonyl (C=O) groups excluding carboxylic acids is 1. The number of hydrogen-bond acceptors (Lipinski definition) is 3. The van der Waals surface area contributed by atoms with Crippen molar-refractivity contribution in [2.75, 3.05) is 0 Å². The van der Waals surface area contributed by atoms with Crippen LogP contribution in [0.2, 0.25) is 0 Å². The summed E-state index contributed by atoms with van der Waals surface area (Å²) in [4.78, 5) is 13.5. The van der Waals surface area contributed by atoms with Gasteiger partial charge < -0.3 is 5.73 Å². The summed E-state index contributed by atoms with van der Waals surface area (Å²) in [7, 11) is 0. The Hall–Kier alpha value is -3.50. The molecule has 178 valence electrons. The van der Waals surface area contributed by atoms with Crippen molar-refractivity contribution in [3.8, 4) is 5.69 Å². The summed E-state index contributed by atoms with van der Waals surface area (Å²) >= 11 is 0. The molecule has 35 heavy (non-hydrogen) atoms. The Balaban J connectivity index is 1.40. The number of rotatable bonds is 10. The fourth-order valence-electron chi connectivity index (χ4n) is 4.93. The normalized spacial score (nSPS) is 14.1. The minimum atomic E-state index is 0.0649. The molecule has 1 unspecified atom stereocenters. The van der Waals surface area contributed by atoms with Crippen LogP contribution in [0.5, 0.6) is 0 Å². The van der Waals surface area contributed by atoms with Crippen LogP contribution in [0, 0.1) is 12.8 Å². The van der Waals surface area contributed by atoms with Gasteiger partial charge in [0.2, 0.25) is 0 Å². The maximum Gasteiger partial charge on any atom is 0.185 e. The largest absolute Gasteiger partial charge is 0.326 e. The van der Waals surface area contributed by atoms with Gasteiger partial charge in [0.25, 0.3) is 0 Å². The van der Waals surface area contributed by atoms with Gasteiger partial charge in [-0.05, 0) is 66.1 Å². The predicted octanol–water partition coefficient (Wildman–Crippen LogP) is 6.39. The summed E-state index contributed by atoms with van der Waals surface area (Å²) in [5.41, 5.74) is 12.8. The molecule has 1 fully saturated rings. The average Bonchev–Trinajstić information content (AvgIpc) is 3.63.